The molecule has 0 spiro atoms. The number of H-pyrrole nitrogens is 1. The minimum atomic E-state index is -0.390. The summed E-state index contributed by atoms with van der Waals surface area (Å²) in [4.78, 5) is 12.6. The van der Waals surface area contributed by atoms with Gasteiger partial charge in [0.2, 0.25) is 0 Å². The summed E-state index contributed by atoms with van der Waals surface area (Å²) < 4.78 is 20.8. The summed E-state index contributed by atoms with van der Waals surface area (Å²) in [6, 6.07) is 7.49. The molecule has 0 atom stereocenters. The Hall–Kier alpha value is -3.42. The highest BCUT2D eigenvalue weighted by molar-refractivity contribution is 5.85. The lowest BCUT2D eigenvalue weighted by molar-refractivity contribution is 0.209. The summed E-state index contributed by atoms with van der Waals surface area (Å²) in [5.41, 5.74) is 1.80. The van der Waals surface area contributed by atoms with Crippen LogP contribution in [0.25, 0.3) is 11.3 Å². The number of piperazine rings is 1. The van der Waals surface area contributed by atoms with Crippen molar-refractivity contribution in [2.45, 2.75) is 19.9 Å². The fourth-order valence-corrected chi connectivity index (χ4v) is 3.76. The molecule has 1 aliphatic heterocycles. The maximum Gasteiger partial charge on any atom is 0.158 e. The molecule has 1 aliphatic rings. The summed E-state index contributed by atoms with van der Waals surface area (Å²) in [6.45, 7) is 7.94. The van der Waals surface area contributed by atoms with Crippen LogP contribution < -0.4 is 15.0 Å². The molecule has 2 N–H and O–H groups in total. The lowest BCUT2D eigenvalue weighted by atomic mass is 10.1. The number of methoxy groups -OCH3 is 1. The van der Waals surface area contributed by atoms with Gasteiger partial charge in [-0.3, -0.25) is 10.00 Å². The van der Waals surface area contributed by atoms with E-state index in [1.807, 2.05) is 12.1 Å². The van der Waals surface area contributed by atoms with Crippen LogP contribution in [0, 0.1) is 17.1 Å². The van der Waals surface area contributed by atoms with Gasteiger partial charge in [0.15, 0.2) is 11.5 Å². The Kier molecular flexibility index (Phi) is 7.68. The molecule has 1 aromatic carbocycles. The van der Waals surface area contributed by atoms with Gasteiger partial charge in [-0.2, -0.15) is 10.4 Å². The molecular weight excluding hydrogens is 447 g/mol. The molecule has 1 fully saturated rings. The molecule has 0 radical (unpaired) electrons. The van der Waals surface area contributed by atoms with E-state index >= 15 is 4.39 Å². The molecule has 1 saturated heterocycles. The Morgan fingerprint density at radius 3 is 2.48 bits per heavy atom. The number of anilines is 3. The molecule has 9 nitrogen and oxygen atoms in total. The van der Waals surface area contributed by atoms with E-state index in [9.17, 15) is 0 Å². The van der Waals surface area contributed by atoms with Gasteiger partial charge >= 0.3 is 0 Å². The van der Waals surface area contributed by atoms with Crippen molar-refractivity contribution in [2.75, 3.05) is 43.5 Å². The quantitative estimate of drug-likeness (QED) is 0.560. The van der Waals surface area contributed by atoms with E-state index in [1.165, 1.54) is 19.5 Å². The Bertz CT molecular complexity index is 1120. The van der Waals surface area contributed by atoms with Crippen molar-refractivity contribution < 1.29 is 9.13 Å². The molecule has 0 amide bonds. The second-order valence-electron chi connectivity index (χ2n) is 7.81. The monoisotopic (exact) mass is 472 g/mol. The number of ether oxygens (including phenoxy) is 1. The van der Waals surface area contributed by atoms with Crippen LogP contribution in [0.2, 0.25) is 0 Å². The minimum Gasteiger partial charge on any atom is -0.496 e. The first-order chi connectivity index (χ1) is 15.5. The van der Waals surface area contributed by atoms with E-state index in [1.54, 1.807) is 12.1 Å². The first kappa shape index (κ1) is 24.2. The van der Waals surface area contributed by atoms with E-state index in [2.05, 4.69) is 49.1 Å². The van der Waals surface area contributed by atoms with Crippen molar-refractivity contribution in [3.63, 3.8) is 0 Å². The van der Waals surface area contributed by atoms with Gasteiger partial charge in [-0.05, 0) is 19.9 Å². The Morgan fingerprint density at radius 2 is 1.88 bits per heavy atom. The van der Waals surface area contributed by atoms with Crippen LogP contribution in [-0.4, -0.2) is 64.4 Å². The molecule has 2 aromatic heterocycles. The fourth-order valence-electron chi connectivity index (χ4n) is 3.76. The summed E-state index contributed by atoms with van der Waals surface area (Å²) in [5.74, 6) is 0.901. The summed E-state index contributed by atoms with van der Waals surface area (Å²) in [6.07, 6.45) is 2.79. The van der Waals surface area contributed by atoms with Crippen molar-refractivity contribution in [2.24, 2.45) is 0 Å². The molecule has 0 bridgehead atoms. The second kappa shape index (κ2) is 10.5. The maximum atomic E-state index is 15.2. The molecule has 174 valence electrons. The predicted octanol–water partition coefficient (Wildman–Crippen LogP) is 3.58. The Morgan fingerprint density at radius 1 is 1.12 bits per heavy atom. The average Bonchev–Trinajstić information content (AvgIpc) is 3.26. The van der Waals surface area contributed by atoms with Crippen molar-refractivity contribution in [3.05, 3.63) is 42.1 Å². The van der Waals surface area contributed by atoms with Gasteiger partial charge in [-0.25, -0.2) is 14.4 Å². The van der Waals surface area contributed by atoms with E-state index in [0.717, 1.165) is 31.9 Å². The number of aromatic nitrogens is 4. The summed E-state index contributed by atoms with van der Waals surface area (Å²) in [7, 11) is 1.53. The zero-order chi connectivity index (χ0) is 22.7. The standard InChI is InChI=1S/C22H25FN8O.ClH/c1-14(2)30-4-6-31(7-5-30)16-8-17(23)22(19(9-16)32-3)18-10-20(29-28-18)27-21-13-25-15(11-24)12-26-21;/h8-10,12-14H,4-7H2,1-3H3,(H2,26,27,28,29);1H. The normalized spacial score (nSPS) is 14.0. The fraction of sp³-hybridized carbons (Fsp3) is 0.364. The van der Waals surface area contributed by atoms with Crippen molar-refractivity contribution in [1.82, 2.24) is 25.1 Å². The summed E-state index contributed by atoms with van der Waals surface area (Å²) in [5, 5.41) is 18.8. The number of benzene rings is 1. The van der Waals surface area contributed by atoms with Gasteiger partial charge in [-0.1, -0.05) is 0 Å². The van der Waals surface area contributed by atoms with Crippen molar-refractivity contribution >= 4 is 29.7 Å². The van der Waals surface area contributed by atoms with E-state index in [0.29, 0.717) is 34.7 Å². The molecule has 3 heterocycles. The van der Waals surface area contributed by atoms with Crippen LogP contribution in [0.15, 0.2) is 30.6 Å². The number of hydrogen-bond acceptors (Lipinski definition) is 8. The summed E-state index contributed by atoms with van der Waals surface area (Å²) >= 11 is 0. The number of rotatable bonds is 6. The number of nitrogens with one attached hydrogen (secondary N) is 2. The second-order valence-corrected chi connectivity index (χ2v) is 7.81. The van der Waals surface area contributed by atoms with Gasteiger partial charge in [0.1, 0.15) is 23.5 Å². The van der Waals surface area contributed by atoms with Crippen molar-refractivity contribution in [3.8, 4) is 23.1 Å². The highest BCUT2D eigenvalue weighted by atomic mass is 35.5. The Labute approximate surface area is 198 Å². The molecule has 33 heavy (non-hydrogen) atoms. The number of aromatic amines is 1. The maximum absolute atomic E-state index is 15.2. The number of nitriles is 1. The van der Waals surface area contributed by atoms with Crippen LogP contribution in [0.4, 0.5) is 21.7 Å². The van der Waals surface area contributed by atoms with Gasteiger partial charge in [0, 0.05) is 50.0 Å². The first-order valence-corrected chi connectivity index (χ1v) is 10.4. The molecule has 4 rings (SSSR count). The van der Waals surface area contributed by atoms with Crippen LogP contribution in [0.3, 0.4) is 0 Å². The third kappa shape index (κ3) is 5.32. The molecule has 0 aliphatic carbocycles. The zero-order valence-electron chi connectivity index (χ0n) is 18.7. The lowest BCUT2D eigenvalue weighted by Gasteiger charge is -2.38. The SMILES string of the molecule is COc1cc(N2CCN(C(C)C)CC2)cc(F)c1-c1cc(Nc2cnc(C#N)cn2)n[nH]1.Cl. The smallest absolute Gasteiger partial charge is 0.158 e. The highest BCUT2D eigenvalue weighted by Gasteiger charge is 2.23. The zero-order valence-corrected chi connectivity index (χ0v) is 19.5. The first-order valence-electron chi connectivity index (χ1n) is 10.4. The van der Waals surface area contributed by atoms with Crippen molar-refractivity contribution in [1.29, 1.82) is 5.26 Å². The van der Waals surface area contributed by atoms with Crippen LogP contribution in [-0.2, 0) is 0 Å². The van der Waals surface area contributed by atoms with Gasteiger partial charge in [-0.15, -0.1) is 12.4 Å². The third-order valence-electron chi connectivity index (χ3n) is 5.54. The molecule has 0 unspecified atom stereocenters. The number of halogens is 2. The third-order valence-corrected chi connectivity index (χ3v) is 5.54. The number of hydrogen-bond donors (Lipinski definition) is 2. The Balaban J connectivity index is 0.00000306. The van der Waals surface area contributed by atoms with E-state index in [4.69, 9.17) is 10.00 Å². The van der Waals surface area contributed by atoms with Crippen LogP contribution >= 0.6 is 12.4 Å². The highest BCUT2D eigenvalue weighted by Crippen LogP contribution is 2.36. The molecular formula is C22H26ClFN8O. The van der Waals surface area contributed by atoms with Gasteiger partial charge < -0.3 is 15.0 Å². The topological polar surface area (TPSA) is 106 Å². The number of nitrogens with zero attached hydrogens (tertiary/aromatic N) is 6. The molecule has 0 saturated carbocycles. The van der Waals surface area contributed by atoms with E-state index < -0.39 is 0 Å². The van der Waals surface area contributed by atoms with Gasteiger partial charge in [0.05, 0.1) is 30.8 Å². The largest absolute Gasteiger partial charge is 0.496 e. The lowest BCUT2D eigenvalue weighted by Crippen LogP contribution is -2.48. The minimum absolute atomic E-state index is 0. The average molecular weight is 473 g/mol. The predicted molar refractivity (Wildman–Crippen MR) is 127 cm³/mol. The molecule has 11 heteroatoms. The van der Waals surface area contributed by atoms with E-state index in [-0.39, 0.29) is 23.9 Å². The van der Waals surface area contributed by atoms with Gasteiger partial charge in [0.25, 0.3) is 0 Å². The molecule has 3 aromatic rings. The van der Waals surface area contributed by atoms with Crippen LogP contribution in [0.5, 0.6) is 5.75 Å². The van der Waals surface area contributed by atoms with Crippen LogP contribution in [0.1, 0.15) is 19.5 Å².